The topological polar surface area (TPSA) is 71.6 Å². The summed E-state index contributed by atoms with van der Waals surface area (Å²) in [6.07, 6.45) is 5.87. The maximum atomic E-state index is 13.7. The summed E-state index contributed by atoms with van der Waals surface area (Å²) >= 11 is 6.09. The molecule has 0 spiro atoms. The lowest BCUT2D eigenvalue weighted by Crippen LogP contribution is -2.54. The van der Waals surface area contributed by atoms with E-state index in [-0.39, 0.29) is 30.8 Å². The lowest BCUT2D eigenvalue weighted by molar-refractivity contribution is -0.149. The van der Waals surface area contributed by atoms with Gasteiger partial charge in [-0.15, -0.1) is 0 Å². The summed E-state index contributed by atoms with van der Waals surface area (Å²) in [6.45, 7) is 4.55. The highest BCUT2D eigenvalue weighted by Gasteiger charge is 2.41. The molecule has 7 rings (SSSR count). The highest BCUT2D eigenvalue weighted by atomic mass is 35.5. The van der Waals surface area contributed by atoms with Gasteiger partial charge >= 0.3 is 0 Å². The van der Waals surface area contributed by atoms with E-state index in [1.165, 1.54) is 5.56 Å². The predicted molar refractivity (Wildman–Crippen MR) is 167 cm³/mol. The number of carbonyl (C=O) groups is 2. The predicted octanol–water partition coefficient (Wildman–Crippen LogP) is 5.74. The van der Waals surface area contributed by atoms with E-state index in [0.29, 0.717) is 36.0 Å². The summed E-state index contributed by atoms with van der Waals surface area (Å²) in [5, 5.41) is 0.681. The number of piperazine rings is 1. The molecule has 1 aliphatic carbocycles. The minimum atomic E-state index is -0.0955. The molecular weight excluding hydrogens is 578 g/mol. The molecule has 3 fully saturated rings. The van der Waals surface area contributed by atoms with Gasteiger partial charge < -0.3 is 24.0 Å². The van der Waals surface area contributed by atoms with E-state index < -0.39 is 0 Å². The van der Waals surface area contributed by atoms with Crippen molar-refractivity contribution in [2.45, 2.75) is 50.9 Å². The molecule has 3 aromatic rings. The fraction of sp³-hybridized carbons (Fsp3) is 0.371. The molecular formula is C35H36ClN3O5. The molecule has 3 aliphatic heterocycles. The summed E-state index contributed by atoms with van der Waals surface area (Å²) in [4.78, 5) is 33.2. The lowest BCUT2D eigenvalue weighted by Gasteiger charge is -2.44. The van der Waals surface area contributed by atoms with Gasteiger partial charge in [0.05, 0.1) is 6.04 Å². The fourth-order valence-corrected chi connectivity index (χ4v) is 6.74. The molecule has 9 heteroatoms. The van der Waals surface area contributed by atoms with Gasteiger partial charge in [-0.25, -0.2) is 0 Å². The van der Waals surface area contributed by atoms with Gasteiger partial charge in [0.1, 0.15) is 6.10 Å². The van der Waals surface area contributed by atoms with Crippen molar-refractivity contribution in [1.29, 1.82) is 0 Å². The lowest BCUT2D eigenvalue weighted by atomic mass is 9.89. The van der Waals surface area contributed by atoms with Crippen LogP contribution >= 0.6 is 11.6 Å². The van der Waals surface area contributed by atoms with Crippen LogP contribution in [0, 0.1) is 0 Å². The van der Waals surface area contributed by atoms with Gasteiger partial charge in [0.15, 0.2) is 17.3 Å². The molecule has 0 aromatic heterocycles. The molecule has 3 heterocycles. The highest BCUT2D eigenvalue weighted by molar-refractivity contribution is 6.30. The second kappa shape index (κ2) is 12.5. The Bertz CT molecular complexity index is 1550. The third-order valence-corrected chi connectivity index (χ3v) is 9.29. The van der Waals surface area contributed by atoms with Gasteiger partial charge in [0.2, 0.25) is 6.79 Å². The van der Waals surface area contributed by atoms with E-state index in [1.807, 2.05) is 76.5 Å². The molecule has 1 saturated carbocycles. The number of nitrogens with zero attached hydrogens (tertiary/aromatic N) is 3. The molecule has 2 unspecified atom stereocenters. The highest BCUT2D eigenvalue weighted by Crippen LogP contribution is 2.35. The number of benzene rings is 3. The van der Waals surface area contributed by atoms with Crippen LogP contribution in [-0.2, 0) is 22.6 Å². The third kappa shape index (κ3) is 6.14. The number of morpholine rings is 1. The second-order valence-electron chi connectivity index (χ2n) is 12.0. The van der Waals surface area contributed by atoms with Crippen LogP contribution in [0.5, 0.6) is 11.5 Å². The van der Waals surface area contributed by atoms with Crippen molar-refractivity contribution in [1.82, 2.24) is 14.7 Å². The Labute approximate surface area is 262 Å². The zero-order chi connectivity index (χ0) is 30.0. The number of halogens is 1. The Kier molecular flexibility index (Phi) is 8.19. The SMILES string of the molecule is O=C(c1ccc(/C=C2\OC3CCCCC3N(Cc3ccc(Cl)cc3)C2=O)cc1)N1CCN(Cc2ccc3c(c2)OCO3)CC1. The Morgan fingerprint density at radius 2 is 1.57 bits per heavy atom. The minimum absolute atomic E-state index is 0.00966. The number of amides is 2. The van der Waals surface area contributed by atoms with Gasteiger partial charge in [-0.3, -0.25) is 14.5 Å². The van der Waals surface area contributed by atoms with Crippen LogP contribution in [0.4, 0.5) is 0 Å². The molecule has 228 valence electrons. The molecule has 44 heavy (non-hydrogen) atoms. The smallest absolute Gasteiger partial charge is 0.289 e. The first-order valence-corrected chi connectivity index (χ1v) is 15.8. The molecule has 0 N–H and O–H groups in total. The van der Waals surface area contributed by atoms with Crippen LogP contribution < -0.4 is 9.47 Å². The number of rotatable bonds is 6. The number of hydrogen-bond acceptors (Lipinski definition) is 6. The zero-order valence-corrected chi connectivity index (χ0v) is 25.4. The summed E-state index contributed by atoms with van der Waals surface area (Å²) < 4.78 is 17.2. The summed E-state index contributed by atoms with van der Waals surface area (Å²) in [6, 6.07) is 21.3. The zero-order valence-electron chi connectivity index (χ0n) is 24.6. The average Bonchev–Trinajstić information content (AvgIpc) is 3.52. The molecule has 3 aromatic carbocycles. The minimum Gasteiger partial charge on any atom is -0.482 e. The third-order valence-electron chi connectivity index (χ3n) is 9.04. The van der Waals surface area contributed by atoms with Crippen molar-refractivity contribution >= 4 is 29.5 Å². The van der Waals surface area contributed by atoms with Crippen molar-refractivity contribution in [2.75, 3.05) is 33.0 Å². The molecule has 2 saturated heterocycles. The monoisotopic (exact) mass is 613 g/mol. The van der Waals surface area contributed by atoms with Crippen LogP contribution in [-0.4, -0.2) is 71.6 Å². The van der Waals surface area contributed by atoms with Crippen molar-refractivity contribution < 1.29 is 23.8 Å². The van der Waals surface area contributed by atoms with Crippen molar-refractivity contribution in [3.63, 3.8) is 0 Å². The Morgan fingerprint density at radius 3 is 2.36 bits per heavy atom. The molecule has 0 radical (unpaired) electrons. The van der Waals surface area contributed by atoms with Crippen LogP contribution in [0.15, 0.2) is 72.5 Å². The van der Waals surface area contributed by atoms with Crippen molar-refractivity contribution in [2.24, 2.45) is 0 Å². The van der Waals surface area contributed by atoms with Crippen LogP contribution in [0.3, 0.4) is 0 Å². The van der Waals surface area contributed by atoms with Crippen LogP contribution in [0.25, 0.3) is 6.08 Å². The maximum absolute atomic E-state index is 13.7. The largest absolute Gasteiger partial charge is 0.482 e. The molecule has 0 bridgehead atoms. The maximum Gasteiger partial charge on any atom is 0.289 e. The number of ether oxygens (including phenoxy) is 3. The second-order valence-corrected chi connectivity index (χ2v) is 12.4. The van der Waals surface area contributed by atoms with E-state index >= 15 is 0 Å². The van der Waals surface area contributed by atoms with E-state index in [0.717, 1.165) is 67.9 Å². The van der Waals surface area contributed by atoms with Crippen molar-refractivity contribution in [3.8, 4) is 11.5 Å². The van der Waals surface area contributed by atoms with Gasteiger partial charge in [-0.2, -0.15) is 0 Å². The number of carbonyl (C=O) groups excluding carboxylic acids is 2. The van der Waals surface area contributed by atoms with E-state index in [4.69, 9.17) is 25.8 Å². The first-order chi connectivity index (χ1) is 21.5. The molecule has 4 aliphatic rings. The average molecular weight is 614 g/mol. The van der Waals surface area contributed by atoms with Gasteiger partial charge in [0, 0.05) is 49.9 Å². The first-order valence-electron chi connectivity index (χ1n) is 15.4. The first kappa shape index (κ1) is 28.7. The van der Waals surface area contributed by atoms with E-state index in [9.17, 15) is 9.59 Å². The van der Waals surface area contributed by atoms with Crippen LogP contribution in [0.2, 0.25) is 5.02 Å². The quantitative estimate of drug-likeness (QED) is 0.330. The molecule has 8 nitrogen and oxygen atoms in total. The Morgan fingerprint density at radius 1 is 0.841 bits per heavy atom. The summed E-state index contributed by atoms with van der Waals surface area (Å²) in [5.41, 5.74) is 3.69. The molecule has 2 amide bonds. The van der Waals surface area contributed by atoms with Gasteiger partial charge in [0.25, 0.3) is 11.8 Å². The fourth-order valence-electron chi connectivity index (χ4n) is 6.61. The Balaban J connectivity index is 0.984. The van der Waals surface area contributed by atoms with Crippen LogP contribution in [0.1, 0.15) is 52.7 Å². The number of fused-ring (bicyclic) bond motifs is 2. The van der Waals surface area contributed by atoms with E-state index in [1.54, 1.807) is 0 Å². The van der Waals surface area contributed by atoms with Gasteiger partial charge in [-0.05, 0) is 78.4 Å². The van der Waals surface area contributed by atoms with E-state index in [2.05, 4.69) is 11.0 Å². The van der Waals surface area contributed by atoms with Crippen molar-refractivity contribution in [3.05, 3.63) is 99.8 Å². The number of hydrogen-bond donors (Lipinski definition) is 0. The summed E-state index contributed by atoms with van der Waals surface area (Å²) in [7, 11) is 0. The Hall–Kier alpha value is -4.01. The normalized spacial score (nSPS) is 22.6. The molecule has 2 atom stereocenters. The van der Waals surface area contributed by atoms with Gasteiger partial charge in [-0.1, -0.05) is 48.4 Å². The standard InChI is InChI=1S/C35H36ClN3O5/c36-28-12-7-25(8-13-28)22-39-29-3-1-2-4-30(29)44-33(35(39)41)19-24-5-10-27(11-6-24)34(40)38-17-15-37(16-18-38)21-26-9-14-31-32(20-26)43-23-42-31/h5-14,19-20,29-30H,1-4,15-18,21-23H2/b33-19-. The summed E-state index contributed by atoms with van der Waals surface area (Å²) in [5.74, 6) is 1.87.